The van der Waals surface area contributed by atoms with Crippen LogP contribution in [-0.2, 0) is 18.8 Å². The number of esters is 1. The van der Waals surface area contributed by atoms with Gasteiger partial charge in [0.15, 0.2) is 11.2 Å². The predicted octanol–water partition coefficient (Wildman–Crippen LogP) is 3.40. The van der Waals surface area contributed by atoms with Crippen molar-refractivity contribution in [3.63, 3.8) is 0 Å². The van der Waals surface area contributed by atoms with E-state index in [1.165, 1.54) is 6.33 Å². The molecule has 1 fully saturated rings. The van der Waals surface area contributed by atoms with Crippen LogP contribution in [0.1, 0.15) is 32.9 Å². The van der Waals surface area contributed by atoms with Crippen LogP contribution in [0.25, 0.3) is 21.9 Å². The number of aromatic amines is 1. The zero-order valence-corrected chi connectivity index (χ0v) is 21.9. The van der Waals surface area contributed by atoms with Crippen LogP contribution in [0.15, 0.2) is 53.6 Å². The van der Waals surface area contributed by atoms with Gasteiger partial charge in [-0.1, -0.05) is 30.3 Å². The first-order valence-corrected chi connectivity index (χ1v) is 13.4. The molecule has 0 aliphatic carbocycles. The van der Waals surface area contributed by atoms with Gasteiger partial charge < -0.3 is 24.3 Å². The van der Waals surface area contributed by atoms with Crippen LogP contribution >= 0.6 is 8.53 Å². The Balaban J connectivity index is 1.24. The molecule has 2 aromatic heterocycles. The monoisotopic (exact) mass is 540 g/mol. The van der Waals surface area contributed by atoms with Crippen LogP contribution in [0.5, 0.6) is 5.75 Å². The lowest BCUT2D eigenvalue weighted by Crippen LogP contribution is -2.26. The van der Waals surface area contributed by atoms with E-state index in [1.54, 1.807) is 18.4 Å². The molecule has 3 unspecified atom stereocenters. The molecule has 1 saturated heterocycles. The van der Waals surface area contributed by atoms with Gasteiger partial charge in [-0.05, 0) is 49.6 Å². The van der Waals surface area contributed by atoms with Gasteiger partial charge in [0.2, 0.25) is 5.95 Å². The predicted molar refractivity (Wildman–Crippen MR) is 142 cm³/mol. The Morgan fingerprint density at radius 3 is 2.89 bits per heavy atom. The van der Waals surface area contributed by atoms with Gasteiger partial charge in [-0.3, -0.25) is 19.1 Å². The number of nitrogens with two attached hydrogens (primary N) is 1. The fourth-order valence-corrected chi connectivity index (χ4v) is 5.25. The van der Waals surface area contributed by atoms with E-state index in [1.807, 2.05) is 42.5 Å². The van der Waals surface area contributed by atoms with Crippen molar-refractivity contribution in [2.75, 3.05) is 18.9 Å². The molecule has 1 aliphatic rings. The van der Waals surface area contributed by atoms with E-state index in [0.717, 1.165) is 10.8 Å². The summed E-state index contributed by atoms with van der Waals surface area (Å²) in [5, 5.41) is 5.16. The van der Waals surface area contributed by atoms with Gasteiger partial charge in [0.25, 0.3) is 5.56 Å². The number of anilines is 1. The number of carbonyl (C=O) groups is 1. The molecule has 2 aromatic carbocycles. The average molecular weight is 541 g/mol. The van der Waals surface area contributed by atoms with Crippen LogP contribution < -0.4 is 20.9 Å². The van der Waals surface area contributed by atoms with Crippen LogP contribution in [0.4, 0.5) is 5.95 Å². The fraction of sp³-hybridized carbons (Fsp3) is 0.360. The summed E-state index contributed by atoms with van der Waals surface area (Å²) in [5.41, 5.74) is 5.88. The number of fused-ring (bicyclic) bond motifs is 2. The molecule has 3 atom stereocenters. The van der Waals surface area contributed by atoms with Gasteiger partial charge in [0, 0.05) is 0 Å². The first-order valence-electron chi connectivity index (χ1n) is 12.3. The second kappa shape index (κ2) is 11.4. The van der Waals surface area contributed by atoms with Crippen molar-refractivity contribution < 1.29 is 23.3 Å². The molecule has 38 heavy (non-hydrogen) atoms. The minimum absolute atomic E-state index is 0.0145. The first kappa shape index (κ1) is 26.1. The Labute approximate surface area is 219 Å². The van der Waals surface area contributed by atoms with Crippen molar-refractivity contribution in [1.82, 2.24) is 24.6 Å². The van der Waals surface area contributed by atoms with Crippen molar-refractivity contribution in [2.45, 2.75) is 45.1 Å². The van der Waals surface area contributed by atoms with Crippen molar-refractivity contribution in [2.24, 2.45) is 0 Å². The maximum absolute atomic E-state index is 12.1. The number of ether oxygens (including phenoxy) is 2. The smallest absolute Gasteiger partial charge is 0.320 e. The van der Waals surface area contributed by atoms with E-state index in [4.69, 9.17) is 24.3 Å². The average Bonchev–Trinajstić information content (AvgIpc) is 3.52. The molecule has 0 saturated carbocycles. The molecule has 3 heterocycles. The van der Waals surface area contributed by atoms with E-state index in [-0.39, 0.29) is 43.1 Å². The third-order valence-corrected chi connectivity index (χ3v) is 7.03. The van der Waals surface area contributed by atoms with E-state index >= 15 is 0 Å². The Kier molecular flexibility index (Phi) is 7.85. The van der Waals surface area contributed by atoms with E-state index < -0.39 is 20.1 Å². The number of imidazole rings is 1. The number of H-pyrrole nitrogens is 1. The minimum atomic E-state index is -1.69. The van der Waals surface area contributed by atoms with Crippen LogP contribution in [0, 0.1) is 0 Å². The lowest BCUT2D eigenvalue weighted by molar-refractivity contribution is -0.145. The second-order valence-electron chi connectivity index (χ2n) is 9.09. The summed E-state index contributed by atoms with van der Waals surface area (Å²) < 4.78 is 25.3. The van der Waals surface area contributed by atoms with Gasteiger partial charge in [0.05, 0.1) is 25.1 Å². The number of rotatable bonds is 10. The fourth-order valence-electron chi connectivity index (χ4n) is 4.18. The largest absolute Gasteiger partial charge is 0.462 e. The lowest BCUT2D eigenvalue weighted by atomic mass is 10.1. The standard InChI is InChI=1S/C25H29N6O6P/c1-15(2)35-21(32)12-28-38(37-18-8-7-16-5-3-4-6-17(16)11-18)34-13-19-9-10-20(36-19)31-14-27-22-23(31)29-25(26)30-24(22)33/h3-8,11,14-15,19-20,28H,9-10,12-13H2,1-2H3,(H3,26,29,30,33). The number of carbonyl (C=O) groups excluding carboxylic acids is 1. The van der Waals surface area contributed by atoms with E-state index in [9.17, 15) is 9.59 Å². The number of nitrogens with zero attached hydrogens (tertiary/aromatic N) is 3. The highest BCUT2D eigenvalue weighted by Crippen LogP contribution is 2.38. The third kappa shape index (κ3) is 6.11. The van der Waals surface area contributed by atoms with Crippen molar-refractivity contribution in [3.8, 4) is 5.75 Å². The van der Waals surface area contributed by atoms with Crippen molar-refractivity contribution in [3.05, 3.63) is 59.1 Å². The van der Waals surface area contributed by atoms with Crippen LogP contribution in [0.2, 0.25) is 0 Å². The van der Waals surface area contributed by atoms with Gasteiger partial charge >= 0.3 is 14.5 Å². The Hall–Kier alpha value is -3.57. The number of nitrogen functional groups attached to an aromatic ring is 1. The Morgan fingerprint density at radius 1 is 1.26 bits per heavy atom. The lowest BCUT2D eigenvalue weighted by Gasteiger charge is -2.21. The molecule has 0 bridgehead atoms. The number of benzene rings is 2. The zero-order valence-electron chi connectivity index (χ0n) is 21.0. The normalized spacial score (nSPS) is 18.3. The Bertz CT molecular complexity index is 1490. The molecule has 0 radical (unpaired) electrons. The zero-order chi connectivity index (χ0) is 26.6. The van der Waals surface area contributed by atoms with Crippen molar-refractivity contribution in [1.29, 1.82) is 0 Å². The summed E-state index contributed by atoms with van der Waals surface area (Å²) in [6, 6.07) is 13.7. The SMILES string of the molecule is CC(C)OC(=O)CNP(OCC1CCC(n2cnc3c(=O)[nH]c(N)nc32)O1)Oc1ccc2ccccc2c1. The summed E-state index contributed by atoms with van der Waals surface area (Å²) in [5.74, 6) is 0.230. The van der Waals surface area contributed by atoms with E-state index in [0.29, 0.717) is 24.2 Å². The maximum atomic E-state index is 12.1. The summed E-state index contributed by atoms with van der Waals surface area (Å²) in [6.45, 7) is 3.75. The molecular formula is C25H29N6O6P. The van der Waals surface area contributed by atoms with Gasteiger partial charge in [-0.2, -0.15) is 4.98 Å². The Morgan fingerprint density at radius 2 is 2.08 bits per heavy atom. The summed E-state index contributed by atoms with van der Waals surface area (Å²) >= 11 is 0. The molecule has 13 heteroatoms. The highest BCUT2D eigenvalue weighted by Gasteiger charge is 2.30. The second-order valence-corrected chi connectivity index (χ2v) is 10.4. The van der Waals surface area contributed by atoms with Gasteiger partial charge in [-0.15, -0.1) is 0 Å². The number of nitrogens with one attached hydrogen (secondary N) is 2. The quantitative estimate of drug-likeness (QED) is 0.201. The number of hydrogen-bond acceptors (Lipinski definition) is 10. The van der Waals surface area contributed by atoms with E-state index in [2.05, 4.69) is 20.0 Å². The number of hydrogen-bond donors (Lipinski definition) is 3. The molecule has 4 aromatic rings. The maximum Gasteiger partial charge on any atom is 0.320 e. The molecule has 12 nitrogen and oxygen atoms in total. The summed E-state index contributed by atoms with van der Waals surface area (Å²) in [4.78, 5) is 35.0. The number of aromatic nitrogens is 4. The van der Waals surface area contributed by atoms with Gasteiger partial charge in [-0.25, -0.2) is 10.1 Å². The topological polar surface area (TPSA) is 156 Å². The molecule has 1 aliphatic heterocycles. The molecule has 5 rings (SSSR count). The molecular weight excluding hydrogens is 511 g/mol. The first-order chi connectivity index (χ1) is 18.4. The van der Waals surface area contributed by atoms with Crippen LogP contribution in [0.3, 0.4) is 0 Å². The summed E-state index contributed by atoms with van der Waals surface area (Å²) in [7, 11) is -1.69. The molecule has 0 amide bonds. The highest BCUT2D eigenvalue weighted by molar-refractivity contribution is 7.45. The summed E-state index contributed by atoms with van der Waals surface area (Å²) in [6.07, 6.45) is 2.07. The molecule has 200 valence electrons. The highest BCUT2D eigenvalue weighted by atomic mass is 31.2. The molecule has 4 N–H and O–H groups in total. The van der Waals surface area contributed by atoms with Gasteiger partial charge in [0.1, 0.15) is 18.5 Å². The van der Waals surface area contributed by atoms with Crippen LogP contribution in [-0.4, -0.2) is 50.8 Å². The molecule has 0 spiro atoms. The van der Waals surface area contributed by atoms with Crippen molar-refractivity contribution >= 4 is 42.4 Å². The third-order valence-electron chi connectivity index (χ3n) is 5.85. The minimum Gasteiger partial charge on any atom is -0.462 e.